The minimum Gasteiger partial charge on any atom is -0.368 e. The van der Waals surface area contributed by atoms with E-state index < -0.39 is 4.92 Å². The fourth-order valence-corrected chi connectivity index (χ4v) is 2.21. The third-order valence-electron chi connectivity index (χ3n) is 3.42. The summed E-state index contributed by atoms with van der Waals surface area (Å²) in [5, 5.41) is 10.7. The number of non-ortho nitro benzene ring substituents is 1. The van der Waals surface area contributed by atoms with Crippen molar-refractivity contribution in [3.05, 3.63) is 52.7 Å². The number of nitrogen functional groups attached to an aromatic ring is 1. The van der Waals surface area contributed by atoms with E-state index in [4.69, 9.17) is 5.73 Å². The molecule has 10 heteroatoms. The van der Waals surface area contributed by atoms with Gasteiger partial charge in [0.05, 0.1) is 23.5 Å². The maximum Gasteiger partial charge on any atom is 0.269 e. The van der Waals surface area contributed by atoms with Gasteiger partial charge < -0.3 is 15.2 Å². The van der Waals surface area contributed by atoms with Crippen LogP contribution in [-0.4, -0.2) is 43.5 Å². The Bertz CT molecular complexity index is 904. The van der Waals surface area contributed by atoms with Gasteiger partial charge in [-0.15, -0.1) is 0 Å². The molecule has 0 amide bonds. The van der Waals surface area contributed by atoms with Crippen molar-refractivity contribution in [1.29, 1.82) is 0 Å². The second-order valence-corrected chi connectivity index (χ2v) is 5.54. The van der Waals surface area contributed by atoms with E-state index in [0.717, 1.165) is 5.56 Å². The lowest BCUT2D eigenvalue weighted by molar-refractivity contribution is -0.384. The van der Waals surface area contributed by atoms with E-state index in [0.29, 0.717) is 24.0 Å². The quantitative estimate of drug-likeness (QED) is 0.544. The first-order chi connectivity index (χ1) is 11.9. The molecule has 0 saturated heterocycles. The first-order valence-corrected chi connectivity index (χ1v) is 7.37. The Morgan fingerprint density at radius 2 is 1.92 bits per heavy atom. The average molecular weight is 340 g/mol. The van der Waals surface area contributed by atoms with Gasteiger partial charge in [-0.3, -0.25) is 10.1 Å². The van der Waals surface area contributed by atoms with Gasteiger partial charge in [-0.25, -0.2) is 4.98 Å². The molecular formula is C15H16N8O2. The summed E-state index contributed by atoms with van der Waals surface area (Å²) in [5.74, 6) is 1.16. The molecule has 2 heterocycles. The minimum absolute atomic E-state index is 0.0417. The number of nitro groups is 1. The molecule has 0 aliphatic heterocycles. The maximum atomic E-state index is 10.7. The van der Waals surface area contributed by atoms with Crippen LogP contribution in [0.5, 0.6) is 0 Å². The molecule has 3 rings (SSSR count). The monoisotopic (exact) mass is 340 g/mol. The summed E-state index contributed by atoms with van der Waals surface area (Å²) >= 11 is 0. The molecule has 0 unspecified atom stereocenters. The lowest BCUT2D eigenvalue weighted by atomic mass is 10.1. The van der Waals surface area contributed by atoms with Gasteiger partial charge in [0.1, 0.15) is 0 Å². The molecule has 1 aromatic carbocycles. The summed E-state index contributed by atoms with van der Waals surface area (Å²) in [7, 11) is 3.64. The molecule has 10 nitrogen and oxygen atoms in total. The van der Waals surface area contributed by atoms with Gasteiger partial charge in [-0.05, 0) is 12.1 Å². The Morgan fingerprint density at radius 3 is 2.56 bits per heavy atom. The Hall–Kier alpha value is -3.56. The molecule has 0 aliphatic rings. The largest absolute Gasteiger partial charge is 0.368 e. The van der Waals surface area contributed by atoms with E-state index >= 15 is 0 Å². The summed E-state index contributed by atoms with van der Waals surface area (Å²) in [5.41, 5.74) is 7.24. The van der Waals surface area contributed by atoms with Crippen molar-refractivity contribution in [3.63, 3.8) is 0 Å². The van der Waals surface area contributed by atoms with Crippen LogP contribution in [0.3, 0.4) is 0 Å². The van der Waals surface area contributed by atoms with Crippen molar-refractivity contribution in [3.8, 4) is 11.3 Å². The Labute approximate surface area is 143 Å². The molecule has 0 radical (unpaired) electrons. The first kappa shape index (κ1) is 16.3. The average Bonchev–Trinajstić information content (AvgIpc) is 3.02. The SMILES string of the molecule is CN(C)c1nc(N)nc(Cn2cnc(-c3ccc([N+](=O)[O-])cc3)c2)n1. The second-order valence-electron chi connectivity index (χ2n) is 5.54. The zero-order valence-electron chi connectivity index (χ0n) is 13.7. The van der Waals surface area contributed by atoms with Crippen LogP contribution < -0.4 is 10.6 Å². The summed E-state index contributed by atoms with van der Waals surface area (Å²) in [6, 6.07) is 6.22. The fraction of sp³-hybridized carbons (Fsp3) is 0.200. The van der Waals surface area contributed by atoms with Crippen LogP contribution in [0.15, 0.2) is 36.8 Å². The number of nitrogens with zero attached hydrogens (tertiary/aromatic N) is 7. The summed E-state index contributed by atoms with van der Waals surface area (Å²) < 4.78 is 1.81. The van der Waals surface area contributed by atoms with Crippen molar-refractivity contribution in [2.45, 2.75) is 6.54 Å². The molecule has 2 N–H and O–H groups in total. The number of imidazole rings is 1. The van der Waals surface area contributed by atoms with Gasteiger partial charge in [0, 0.05) is 38.0 Å². The van der Waals surface area contributed by atoms with Gasteiger partial charge in [0.25, 0.3) is 5.69 Å². The number of hydrogen-bond donors (Lipinski definition) is 1. The molecule has 0 saturated carbocycles. The Morgan fingerprint density at radius 1 is 1.20 bits per heavy atom. The number of aromatic nitrogens is 5. The van der Waals surface area contributed by atoms with Gasteiger partial charge in [-0.1, -0.05) is 0 Å². The predicted molar refractivity (Wildman–Crippen MR) is 92.0 cm³/mol. The maximum absolute atomic E-state index is 10.7. The third-order valence-corrected chi connectivity index (χ3v) is 3.42. The van der Waals surface area contributed by atoms with Gasteiger partial charge in [0.15, 0.2) is 5.82 Å². The Balaban J connectivity index is 1.81. The highest BCUT2D eigenvalue weighted by Crippen LogP contribution is 2.21. The molecule has 128 valence electrons. The zero-order chi connectivity index (χ0) is 18.0. The molecule has 0 bridgehead atoms. The topological polar surface area (TPSA) is 129 Å². The third kappa shape index (κ3) is 3.68. The van der Waals surface area contributed by atoms with Gasteiger partial charge in [0.2, 0.25) is 11.9 Å². The van der Waals surface area contributed by atoms with E-state index in [1.54, 1.807) is 23.4 Å². The van der Waals surface area contributed by atoms with Crippen molar-refractivity contribution in [2.24, 2.45) is 0 Å². The highest BCUT2D eigenvalue weighted by molar-refractivity contribution is 5.60. The molecule has 0 spiro atoms. The van der Waals surface area contributed by atoms with E-state index in [-0.39, 0.29) is 11.6 Å². The number of rotatable bonds is 5. The molecular weight excluding hydrogens is 324 g/mol. The van der Waals surface area contributed by atoms with Crippen molar-refractivity contribution in [2.75, 3.05) is 24.7 Å². The van der Waals surface area contributed by atoms with Crippen molar-refractivity contribution in [1.82, 2.24) is 24.5 Å². The van der Waals surface area contributed by atoms with Crippen LogP contribution >= 0.6 is 0 Å². The van der Waals surface area contributed by atoms with Crippen molar-refractivity contribution < 1.29 is 4.92 Å². The van der Waals surface area contributed by atoms with E-state index in [1.807, 2.05) is 24.9 Å². The zero-order valence-corrected chi connectivity index (χ0v) is 13.7. The number of benzene rings is 1. The van der Waals surface area contributed by atoms with Crippen LogP contribution in [0, 0.1) is 10.1 Å². The standard InChI is InChI=1S/C15H16N8O2/c1-21(2)15-19-13(18-14(16)20-15)8-22-7-12(17-9-22)10-3-5-11(6-4-10)23(24)25/h3-7,9H,8H2,1-2H3,(H2,16,18,19,20). The van der Waals surface area contributed by atoms with Crippen LogP contribution in [0.25, 0.3) is 11.3 Å². The second kappa shape index (κ2) is 6.51. The number of nitrogens with two attached hydrogens (primary N) is 1. The normalized spacial score (nSPS) is 10.6. The van der Waals surface area contributed by atoms with Gasteiger partial charge >= 0.3 is 0 Å². The van der Waals surface area contributed by atoms with Crippen LogP contribution in [0.2, 0.25) is 0 Å². The highest BCUT2D eigenvalue weighted by Gasteiger charge is 2.10. The summed E-state index contributed by atoms with van der Waals surface area (Å²) in [6.07, 6.45) is 3.46. The fourth-order valence-electron chi connectivity index (χ4n) is 2.21. The number of nitro benzene ring substituents is 1. The number of anilines is 2. The molecule has 0 aliphatic carbocycles. The van der Waals surface area contributed by atoms with Crippen LogP contribution in [0.1, 0.15) is 5.82 Å². The van der Waals surface area contributed by atoms with Crippen molar-refractivity contribution >= 4 is 17.6 Å². The molecule has 0 atom stereocenters. The van der Waals surface area contributed by atoms with Gasteiger partial charge in [-0.2, -0.15) is 15.0 Å². The molecule has 3 aromatic rings. The Kier molecular flexibility index (Phi) is 4.25. The van der Waals surface area contributed by atoms with E-state index in [9.17, 15) is 10.1 Å². The molecule has 2 aromatic heterocycles. The van der Waals surface area contributed by atoms with E-state index in [1.165, 1.54) is 12.1 Å². The van der Waals surface area contributed by atoms with Crippen LogP contribution in [0.4, 0.5) is 17.6 Å². The highest BCUT2D eigenvalue weighted by atomic mass is 16.6. The van der Waals surface area contributed by atoms with E-state index in [2.05, 4.69) is 19.9 Å². The lowest BCUT2D eigenvalue weighted by Gasteiger charge is -2.11. The summed E-state index contributed by atoms with van der Waals surface area (Å²) in [6.45, 7) is 0.382. The first-order valence-electron chi connectivity index (χ1n) is 7.37. The number of hydrogen-bond acceptors (Lipinski definition) is 8. The predicted octanol–water partition coefficient (Wildman–Crippen LogP) is 1.34. The van der Waals surface area contributed by atoms with Crippen LogP contribution in [-0.2, 0) is 6.54 Å². The minimum atomic E-state index is -0.435. The lowest BCUT2D eigenvalue weighted by Crippen LogP contribution is -2.17. The summed E-state index contributed by atoms with van der Waals surface area (Å²) in [4.78, 5) is 28.9. The molecule has 0 fully saturated rings. The smallest absolute Gasteiger partial charge is 0.269 e. The molecule has 25 heavy (non-hydrogen) atoms.